The van der Waals surface area contributed by atoms with Crippen molar-refractivity contribution in [1.82, 2.24) is 14.8 Å². The van der Waals surface area contributed by atoms with Crippen molar-refractivity contribution in [2.75, 3.05) is 45.1 Å². The number of carbonyl (C=O) groups is 1. The molecule has 0 spiro atoms. The lowest BCUT2D eigenvalue weighted by Gasteiger charge is -2.34. The van der Waals surface area contributed by atoms with Gasteiger partial charge in [0.1, 0.15) is 18.2 Å². The van der Waals surface area contributed by atoms with Gasteiger partial charge >= 0.3 is 0 Å². The maximum Gasteiger partial charge on any atom is 0.233 e. The molecule has 1 amide bonds. The first-order valence-electron chi connectivity index (χ1n) is 10.1. The monoisotopic (exact) mass is 441 g/mol. The fourth-order valence-corrected chi connectivity index (χ4v) is 5.52. The third-order valence-electron chi connectivity index (χ3n) is 5.30. The molecule has 2 aliphatic rings. The minimum atomic E-state index is 0.189. The molecule has 2 aliphatic heterocycles. The third kappa shape index (κ3) is 4.40. The van der Waals surface area contributed by atoms with Gasteiger partial charge in [0.2, 0.25) is 5.91 Å². The first kappa shape index (κ1) is 19.7. The zero-order chi connectivity index (χ0) is 20.3. The number of nitrogens with zero attached hydrogens (tertiary/aromatic N) is 3. The van der Waals surface area contributed by atoms with Crippen LogP contribution in [0, 0.1) is 0 Å². The normalized spacial score (nSPS) is 16.7. The van der Waals surface area contributed by atoms with E-state index in [4.69, 9.17) is 14.5 Å². The van der Waals surface area contributed by atoms with Gasteiger partial charge in [-0.1, -0.05) is 12.1 Å². The molecule has 1 aromatic heterocycles. The summed E-state index contributed by atoms with van der Waals surface area (Å²) in [6.45, 7) is 5.32. The van der Waals surface area contributed by atoms with Gasteiger partial charge in [0.25, 0.3) is 0 Å². The quantitative estimate of drug-likeness (QED) is 0.565. The summed E-state index contributed by atoms with van der Waals surface area (Å²) in [6.07, 6.45) is 0. The third-order valence-corrected chi connectivity index (χ3v) is 7.30. The highest BCUT2D eigenvalue weighted by molar-refractivity contribution is 8.00. The molecular weight excluding hydrogens is 418 g/mol. The number of thioether (sulfide) groups is 1. The molecule has 0 N–H and O–H groups in total. The Morgan fingerprint density at radius 2 is 1.83 bits per heavy atom. The van der Waals surface area contributed by atoms with Crippen LogP contribution in [0.15, 0.2) is 47.4 Å². The summed E-state index contributed by atoms with van der Waals surface area (Å²) in [7, 11) is 0. The Labute approximate surface area is 183 Å². The lowest BCUT2D eigenvalue weighted by molar-refractivity contribution is -0.130. The Morgan fingerprint density at radius 3 is 2.67 bits per heavy atom. The fourth-order valence-electron chi connectivity index (χ4n) is 3.68. The first-order valence-corrected chi connectivity index (χ1v) is 11.9. The van der Waals surface area contributed by atoms with Crippen molar-refractivity contribution in [2.45, 2.75) is 11.4 Å². The molecule has 0 aliphatic carbocycles. The van der Waals surface area contributed by atoms with Gasteiger partial charge in [-0.05, 0) is 30.3 Å². The number of carbonyl (C=O) groups excluding carboxylic acids is 1. The minimum absolute atomic E-state index is 0.189. The standard InChI is InChI=1S/C22H23N3O3S2/c26-22(15-29-16-5-6-18-19(13-16)28-12-11-27-18)25-9-7-24(8-10-25)14-21-23-17-3-1-2-4-20(17)30-21/h1-6,13H,7-12,14-15H2. The lowest BCUT2D eigenvalue weighted by Crippen LogP contribution is -2.48. The molecule has 2 aromatic carbocycles. The van der Waals surface area contributed by atoms with Crippen molar-refractivity contribution in [3.8, 4) is 11.5 Å². The van der Waals surface area contributed by atoms with Crippen LogP contribution in [0.4, 0.5) is 0 Å². The highest BCUT2D eigenvalue weighted by atomic mass is 32.2. The fraction of sp³-hybridized carbons (Fsp3) is 0.364. The van der Waals surface area contributed by atoms with Gasteiger partial charge in [0.05, 0.1) is 22.5 Å². The molecule has 0 saturated carbocycles. The number of para-hydroxylation sites is 1. The van der Waals surface area contributed by atoms with Crippen molar-refractivity contribution < 1.29 is 14.3 Å². The van der Waals surface area contributed by atoms with Crippen LogP contribution < -0.4 is 9.47 Å². The summed E-state index contributed by atoms with van der Waals surface area (Å²) in [5.74, 6) is 2.18. The number of rotatable bonds is 5. The first-order chi connectivity index (χ1) is 14.7. The molecule has 0 bridgehead atoms. The predicted molar refractivity (Wildman–Crippen MR) is 120 cm³/mol. The number of piperazine rings is 1. The molecular formula is C22H23N3O3S2. The maximum atomic E-state index is 12.7. The van der Waals surface area contributed by atoms with E-state index in [1.54, 1.807) is 23.1 Å². The van der Waals surface area contributed by atoms with Crippen molar-refractivity contribution in [3.05, 3.63) is 47.5 Å². The number of benzene rings is 2. The van der Waals surface area contributed by atoms with Crippen LogP contribution in [0.3, 0.4) is 0 Å². The molecule has 3 aromatic rings. The summed E-state index contributed by atoms with van der Waals surface area (Å²) < 4.78 is 12.4. The predicted octanol–water partition coefficient (Wildman–Crippen LogP) is 3.50. The Bertz CT molecular complexity index is 1010. The molecule has 5 rings (SSSR count). The Morgan fingerprint density at radius 1 is 1.03 bits per heavy atom. The van der Waals surface area contributed by atoms with E-state index in [9.17, 15) is 4.79 Å². The molecule has 0 radical (unpaired) electrons. The summed E-state index contributed by atoms with van der Waals surface area (Å²) in [6, 6.07) is 14.1. The van der Waals surface area contributed by atoms with Gasteiger partial charge in [-0.2, -0.15) is 0 Å². The number of aromatic nitrogens is 1. The molecule has 8 heteroatoms. The van der Waals surface area contributed by atoms with E-state index in [0.29, 0.717) is 19.0 Å². The number of hydrogen-bond donors (Lipinski definition) is 0. The molecule has 156 valence electrons. The average molecular weight is 442 g/mol. The van der Waals surface area contributed by atoms with Crippen LogP contribution >= 0.6 is 23.1 Å². The molecule has 6 nitrogen and oxygen atoms in total. The van der Waals surface area contributed by atoms with E-state index < -0.39 is 0 Å². The van der Waals surface area contributed by atoms with Crippen molar-refractivity contribution in [2.24, 2.45) is 0 Å². The number of amides is 1. The van der Waals surface area contributed by atoms with Gasteiger partial charge in [0, 0.05) is 31.1 Å². The van der Waals surface area contributed by atoms with E-state index in [0.717, 1.165) is 59.6 Å². The van der Waals surface area contributed by atoms with E-state index in [-0.39, 0.29) is 5.91 Å². The second-order valence-electron chi connectivity index (χ2n) is 7.33. The van der Waals surface area contributed by atoms with Crippen molar-refractivity contribution >= 4 is 39.2 Å². The van der Waals surface area contributed by atoms with E-state index >= 15 is 0 Å². The second kappa shape index (κ2) is 8.83. The molecule has 3 heterocycles. The van der Waals surface area contributed by atoms with Crippen LogP contribution in [0.25, 0.3) is 10.2 Å². The molecule has 0 unspecified atom stereocenters. The zero-order valence-electron chi connectivity index (χ0n) is 16.6. The van der Waals surface area contributed by atoms with Crippen LogP contribution in [-0.2, 0) is 11.3 Å². The minimum Gasteiger partial charge on any atom is -0.486 e. The highest BCUT2D eigenvalue weighted by Gasteiger charge is 2.22. The van der Waals surface area contributed by atoms with Crippen LogP contribution in [0.1, 0.15) is 5.01 Å². The number of hydrogen-bond acceptors (Lipinski definition) is 7. The van der Waals surface area contributed by atoms with Crippen LogP contribution in [0.2, 0.25) is 0 Å². The van der Waals surface area contributed by atoms with Crippen molar-refractivity contribution in [3.63, 3.8) is 0 Å². The number of thiazole rings is 1. The molecule has 1 fully saturated rings. The maximum absolute atomic E-state index is 12.7. The van der Waals surface area contributed by atoms with E-state index in [1.165, 1.54) is 4.70 Å². The van der Waals surface area contributed by atoms with Crippen molar-refractivity contribution in [1.29, 1.82) is 0 Å². The number of ether oxygens (including phenoxy) is 2. The second-order valence-corrected chi connectivity index (χ2v) is 9.49. The Hall–Kier alpha value is -2.29. The van der Waals surface area contributed by atoms with Gasteiger partial charge < -0.3 is 14.4 Å². The summed E-state index contributed by atoms with van der Waals surface area (Å²) >= 11 is 3.31. The average Bonchev–Trinajstić information content (AvgIpc) is 3.20. The van der Waals surface area contributed by atoms with Gasteiger partial charge in [-0.15, -0.1) is 23.1 Å². The Balaban J connectivity index is 1.10. The molecule has 30 heavy (non-hydrogen) atoms. The number of fused-ring (bicyclic) bond motifs is 2. The van der Waals surface area contributed by atoms with Crippen LogP contribution in [-0.4, -0.2) is 65.8 Å². The molecule has 1 saturated heterocycles. The van der Waals surface area contributed by atoms with E-state index in [2.05, 4.69) is 23.1 Å². The van der Waals surface area contributed by atoms with Crippen LogP contribution in [0.5, 0.6) is 11.5 Å². The van der Waals surface area contributed by atoms with Gasteiger partial charge in [-0.25, -0.2) is 4.98 Å². The lowest BCUT2D eigenvalue weighted by atomic mass is 10.3. The summed E-state index contributed by atoms with van der Waals surface area (Å²) in [4.78, 5) is 22.8. The summed E-state index contributed by atoms with van der Waals surface area (Å²) in [5.41, 5.74) is 1.07. The Kier molecular flexibility index (Phi) is 5.79. The zero-order valence-corrected chi connectivity index (χ0v) is 18.2. The largest absolute Gasteiger partial charge is 0.486 e. The topological polar surface area (TPSA) is 54.9 Å². The summed E-state index contributed by atoms with van der Waals surface area (Å²) in [5, 5.41) is 1.14. The SMILES string of the molecule is O=C(CSc1ccc2c(c1)OCCO2)N1CCN(Cc2nc3ccccc3s2)CC1. The van der Waals surface area contributed by atoms with E-state index in [1.807, 2.05) is 29.2 Å². The smallest absolute Gasteiger partial charge is 0.233 e. The highest BCUT2D eigenvalue weighted by Crippen LogP contribution is 2.34. The molecule has 0 atom stereocenters. The van der Waals surface area contributed by atoms with Gasteiger partial charge in [0.15, 0.2) is 11.5 Å². The van der Waals surface area contributed by atoms with Gasteiger partial charge in [-0.3, -0.25) is 9.69 Å².